The molecule has 0 unspecified atom stereocenters. The molecule has 0 saturated carbocycles. The van der Waals surface area contributed by atoms with E-state index in [0.29, 0.717) is 11.1 Å². The van der Waals surface area contributed by atoms with Crippen molar-refractivity contribution in [1.29, 1.82) is 0 Å². The van der Waals surface area contributed by atoms with Crippen molar-refractivity contribution in [1.82, 2.24) is 16.0 Å². The summed E-state index contributed by atoms with van der Waals surface area (Å²) in [5.41, 5.74) is 3.23. The molecule has 8 heteroatoms. The van der Waals surface area contributed by atoms with E-state index in [2.05, 4.69) is 47.0 Å². The van der Waals surface area contributed by atoms with Gasteiger partial charge in [0, 0.05) is 28.5 Å². The van der Waals surface area contributed by atoms with Crippen LogP contribution in [0.5, 0.6) is 0 Å². The van der Waals surface area contributed by atoms with Gasteiger partial charge in [-0.05, 0) is 61.2 Å². The summed E-state index contributed by atoms with van der Waals surface area (Å²) in [5.74, 6) is -0.641. The number of hydrogen-bond donors (Lipinski definition) is 4. The van der Waals surface area contributed by atoms with Crippen LogP contribution in [0.2, 0.25) is 0 Å². The van der Waals surface area contributed by atoms with Crippen molar-refractivity contribution in [3.05, 3.63) is 59.2 Å². The van der Waals surface area contributed by atoms with E-state index in [0.717, 1.165) is 16.9 Å². The first-order chi connectivity index (χ1) is 15.0. The van der Waals surface area contributed by atoms with Crippen LogP contribution >= 0.6 is 0 Å². The summed E-state index contributed by atoms with van der Waals surface area (Å²) < 4.78 is 0. The van der Waals surface area contributed by atoms with Crippen molar-refractivity contribution in [3.63, 3.8) is 0 Å². The lowest BCUT2D eigenvalue weighted by atomic mass is 9.84. The molecule has 3 rings (SSSR count). The summed E-state index contributed by atoms with van der Waals surface area (Å²) in [7, 11) is 0. The number of anilines is 2. The zero-order chi connectivity index (χ0) is 23.5. The highest BCUT2D eigenvalue weighted by atomic mass is 16.2. The molecule has 3 amide bonds. The maximum absolute atomic E-state index is 12.6. The molecule has 1 heterocycles. The number of guanidine groups is 1. The molecule has 1 aliphatic rings. The number of amides is 3. The fourth-order valence-electron chi connectivity index (χ4n) is 3.26. The van der Waals surface area contributed by atoms with E-state index in [1.165, 1.54) is 0 Å². The highest BCUT2D eigenvalue weighted by Crippen LogP contribution is 2.33. The summed E-state index contributed by atoms with van der Waals surface area (Å²) in [6, 6.07) is 12.6. The maximum Gasteiger partial charge on any atom is 0.280 e. The Kier molecular flexibility index (Phi) is 6.62. The topological polar surface area (TPSA) is 112 Å². The SMILES string of the molecule is CC(C)NC(=O)c1cccc(Nc2ccc(C(=O)/N=C3\NCC(=O)N3)cc2C(C)(C)C)c1. The number of carbonyl (C=O) groups is 3. The highest BCUT2D eigenvalue weighted by Gasteiger charge is 2.22. The summed E-state index contributed by atoms with van der Waals surface area (Å²) >= 11 is 0. The summed E-state index contributed by atoms with van der Waals surface area (Å²) in [6.45, 7) is 10.1. The molecule has 0 aromatic heterocycles. The van der Waals surface area contributed by atoms with Gasteiger partial charge >= 0.3 is 0 Å². The Morgan fingerprint density at radius 2 is 1.81 bits per heavy atom. The Morgan fingerprint density at radius 1 is 1.06 bits per heavy atom. The van der Waals surface area contributed by atoms with Gasteiger partial charge in [-0.25, -0.2) is 0 Å². The Labute approximate surface area is 187 Å². The van der Waals surface area contributed by atoms with Gasteiger partial charge in [0.1, 0.15) is 0 Å². The second kappa shape index (κ2) is 9.21. The first kappa shape index (κ1) is 23.0. The van der Waals surface area contributed by atoms with Gasteiger partial charge in [0.2, 0.25) is 11.9 Å². The van der Waals surface area contributed by atoms with Gasteiger partial charge in [0.05, 0.1) is 6.54 Å². The summed E-state index contributed by atoms with van der Waals surface area (Å²) in [5, 5.41) is 11.5. The second-order valence-corrected chi connectivity index (χ2v) is 9.01. The molecule has 4 N–H and O–H groups in total. The van der Waals surface area contributed by atoms with Gasteiger partial charge in [0.25, 0.3) is 11.8 Å². The van der Waals surface area contributed by atoms with Crippen molar-refractivity contribution < 1.29 is 14.4 Å². The summed E-state index contributed by atoms with van der Waals surface area (Å²) in [6.07, 6.45) is 0. The van der Waals surface area contributed by atoms with Crippen molar-refractivity contribution >= 4 is 35.1 Å². The Morgan fingerprint density at radius 3 is 2.44 bits per heavy atom. The molecule has 168 valence electrons. The zero-order valence-electron chi connectivity index (χ0n) is 19.0. The van der Waals surface area contributed by atoms with Gasteiger partial charge in [-0.15, -0.1) is 0 Å². The molecule has 32 heavy (non-hydrogen) atoms. The van der Waals surface area contributed by atoms with E-state index in [4.69, 9.17) is 0 Å². The van der Waals surface area contributed by atoms with E-state index in [1.54, 1.807) is 24.3 Å². The van der Waals surface area contributed by atoms with Crippen molar-refractivity contribution in [2.24, 2.45) is 4.99 Å². The van der Waals surface area contributed by atoms with Crippen LogP contribution in [-0.4, -0.2) is 36.3 Å². The molecule has 0 radical (unpaired) electrons. The van der Waals surface area contributed by atoms with Crippen LogP contribution in [0.1, 0.15) is 60.9 Å². The third-order valence-electron chi connectivity index (χ3n) is 4.79. The Balaban J connectivity index is 1.88. The number of nitrogens with zero attached hydrogens (tertiary/aromatic N) is 1. The van der Waals surface area contributed by atoms with Crippen molar-refractivity contribution in [3.8, 4) is 0 Å². The van der Waals surface area contributed by atoms with Crippen LogP contribution in [0.15, 0.2) is 47.5 Å². The smallest absolute Gasteiger partial charge is 0.280 e. The van der Waals surface area contributed by atoms with Crippen LogP contribution in [0.3, 0.4) is 0 Å². The largest absolute Gasteiger partial charge is 0.355 e. The molecule has 2 aromatic carbocycles. The van der Waals surface area contributed by atoms with Crippen LogP contribution in [0.4, 0.5) is 11.4 Å². The van der Waals surface area contributed by atoms with Gasteiger partial charge in [-0.1, -0.05) is 26.8 Å². The standard InChI is InChI=1S/C24H29N5O3/c1-14(2)26-21(31)15-7-6-8-17(11-15)27-19-10-9-16(12-18(19)24(3,4)5)22(32)29-23-25-13-20(30)28-23/h6-12,14,27H,13H2,1-5H3,(H,26,31)(H2,25,28,29,30,32). The minimum absolute atomic E-state index is 0.0491. The maximum atomic E-state index is 12.6. The lowest BCUT2D eigenvalue weighted by molar-refractivity contribution is -0.117. The molecule has 8 nitrogen and oxygen atoms in total. The average molecular weight is 436 g/mol. The predicted octanol–water partition coefficient (Wildman–Crippen LogP) is 3.08. The molecule has 0 aliphatic carbocycles. The fraction of sp³-hybridized carbons (Fsp3) is 0.333. The van der Waals surface area contributed by atoms with Gasteiger partial charge in [-0.2, -0.15) is 4.99 Å². The molecule has 1 fully saturated rings. The first-order valence-corrected chi connectivity index (χ1v) is 10.5. The number of nitrogens with one attached hydrogen (secondary N) is 4. The van der Waals surface area contributed by atoms with Crippen LogP contribution in [-0.2, 0) is 10.2 Å². The molecule has 0 spiro atoms. The first-order valence-electron chi connectivity index (χ1n) is 10.5. The summed E-state index contributed by atoms with van der Waals surface area (Å²) in [4.78, 5) is 40.2. The van der Waals surface area contributed by atoms with Crippen LogP contribution in [0, 0.1) is 0 Å². The van der Waals surface area contributed by atoms with Crippen molar-refractivity contribution in [2.45, 2.75) is 46.1 Å². The molecule has 0 bridgehead atoms. The molecular formula is C24H29N5O3. The second-order valence-electron chi connectivity index (χ2n) is 9.01. The highest BCUT2D eigenvalue weighted by molar-refractivity contribution is 6.10. The normalized spacial score (nSPS) is 14.8. The lowest BCUT2D eigenvalue weighted by Crippen LogP contribution is -2.30. The monoisotopic (exact) mass is 435 g/mol. The van der Waals surface area contributed by atoms with E-state index in [-0.39, 0.29) is 35.8 Å². The van der Waals surface area contributed by atoms with E-state index in [9.17, 15) is 14.4 Å². The minimum Gasteiger partial charge on any atom is -0.355 e. The Hall–Kier alpha value is -3.68. The lowest BCUT2D eigenvalue weighted by Gasteiger charge is -2.24. The Bertz CT molecular complexity index is 1080. The number of carbonyl (C=O) groups excluding carboxylic acids is 3. The number of rotatable bonds is 5. The quantitative estimate of drug-likeness (QED) is 0.577. The molecule has 0 atom stereocenters. The van der Waals surface area contributed by atoms with Gasteiger partial charge in [-0.3, -0.25) is 19.7 Å². The van der Waals surface area contributed by atoms with Crippen LogP contribution in [0.25, 0.3) is 0 Å². The predicted molar refractivity (Wildman–Crippen MR) is 125 cm³/mol. The third kappa shape index (κ3) is 5.72. The number of aliphatic imine (C=N–C) groups is 1. The zero-order valence-corrected chi connectivity index (χ0v) is 19.0. The molecule has 1 aliphatic heterocycles. The van der Waals surface area contributed by atoms with E-state index < -0.39 is 5.91 Å². The van der Waals surface area contributed by atoms with Gasteiger partial charge < -0.3 is 16.0 Å². The molecule has 1 saturated heterocycles. The number of hydrogen-bond acceptors (Lipinski definition) is 4. The van der Waals surface area contributed by atoms with E-state index >= 15 is 0 Å². The van der Waals surface area contributed by atoms with Crippen LogP contribution < -0.4 is 21.3 Å². The third-order valence-corrected chi connectivity index (χ3v) is 4.79. The average Bonchev–Trinajstić information content (AvgIpc) is 3.11. The molecular weight excluding hydrogens is 406 g/mol. The van der Waals surface area contributed by atoms with Crippen molar-refractivity contribution in [2.75, 3.05) is 11.9 Å². The van der Waals surface area contributed by atoms with E-state index in [1.807, 2.05) is 32.0 Å². The fourth-order valence-corrected chi connectivity index (χ4v) is 3.26. The minimum atomic E-state index is -0.445. The molecule has 2 aromatic rings. The number of benzene rings is 2. The van der Waals surface area contributed by atoms with Gasteiger partial charge in [0.15, 0.2) is 0 Å².